The summed E-state index contributed by atoms with van der Waals surface area (Å²) in [5, 5.41) is 6.88. The van der Waals surface area contributed by atoms with Crippen molar-refractivity contribution in [2.45, 2.75) is 25.9 Å². The number of carbonyl (C=O) groups is 1. The molecule has 168 valence electrons. The fourth-order valence-electron chi connectivity index (χ4n) is 3.66. The van der Waals surface area contributed by atoms with Crippen LogP contribution in [-0.4, -0.2) is 16.0 Å². The van der Waals surface area contributed by atoms with Gasteiger partial charge in [0.05, 0.1) is 5.56 Å². The molecule has 2 aromatic heterocycles. The molecule has 7 nitrogen and oxygen atoms in total. The van der Waals surface area contributed by atoms with Crippen molar-refractivity contribution in [2.75, 3.05) is 5.32 Å². The number of rotatable bonds is 8. The Morgan fingerprint density at radius 3 is 2.48 bits per heavy atom. The monoisotopic (exact) mass is 445 g/mol. The zero-order valence-corrected chi connectivity index (χ0v) is 17.9. The number of nitrogens with two attached hydrogens (primary N) is 2. The number of aryl methyl sites for hydroxylation is 1. The summed E-state index contributed by atoms with van der Waals surface area (Å²) in [5.74, 6) is -0.575. The van der Waals surface area contributed by atoms with Gasteiger partial charge in [-0.25, -0.2) is 4.39 Å². The summed E-state index contributed by atoms with van der Waals surface area (Å²) >= 11 is 0. The molecule has 0 saturated heterocycles. The predicted molar refractivity (Wildman–Crippen MR) is 124 cm³/mol. The van der Waals surface area contributed by atoms with Crippen molar-refractivity contribution in [1.82, 2.24) is 10.1 Å². The topological polar surface area (TPSA) is 120 Å². The molecule has 1 amide bonds. The van der Waals surface area contributed by atoms with E-state index in [0.717, 1.165) is 16.7 Å². The van der Waals surface area contributed by atoms with Gasteiger partial charge in [-0.05, 0) is 52.9 Å². The summed E-state index contributed by atoms with van der Waals surface area (Å²) in [6.45, 7) is 0.659. The van der Waals surface area contributed by atoms with E-state index in [2.05, 4.69) is 15.5 Å². The Kier molecular flexibility index (Phi) is 6.87. The fraction of sp³-hybridized carbons (Fsp3) is 0.160. The number of anilines is 1. The minimum Gasteiger partial charge on any atom is -0.337 e. The molecule has 0 aliphatic heterocycles. The zero-order valence-electron chi connectivity index (χ0n) is 17.9. The Labute approximate surface area is 190 Å². The minimum absolute atomic E-state index is 0.144. The van der Waals surface area contributed by atoms with Gasteiger partial charge in [0.25, 0.3) is 0 Å². The van der Waals surface area contributed by atoms with Crippen LogP contribution in [0.15, 0.2) is 71.5 Å². The van der Waals surface area contributed by atoms with Gasteiger partial charge in [-0.1, -0.05) is 35.5 Å². The number of aromatic nitrogens is 2. The van der Waals surface area contributed by atoms with Crippen molar-refractivity contribution in [1.29, 1.82) is 0 Å². The number of nitrogens with zero attached hydrogens (tertiary/aromatic N) is 2. The third kappa shape index (κ3) is 4.97. The van der Waals surface area contributed by atoms with Crippen LogP contribution in [0.3, 0.4) is 0 Å². The minimum atomic E-state index is -0.466. The van der Waals surface area contributed by atoms with Gasteiger partial charge < -0.3 is 16.0 Å². The standard InChI is InChI=1S/C25H24FN5O2/c26-21-7-5-16(14-27)13-20(21)24-23(18-9-11-29-12-10-18)25(33-31-24)30-22(32)8-6-17-3-1-2-4-19(17)15-28/h1-5,7,9-13H,6,8,14-15,27-28H2,(H,30,32). The van der Waals surface area contributed by atoms with E-state index in [4.69, 9.17) is 16.0 Å². The first-order chi connectivity index (χ1) is 16.1. The Hall–Kier alpha value is -3.88. The summed E-state index contributed by atoms with van der Waals surface area (Å²) in [6.07, 6.45) is 3.96. The van der Waals surface area contributed by atoms with Crippen LogP contribution < -0.4 is 16.8 Å². The number of halogens is 1. The first-order valence-electron chi connectivity index (χ1n) is 10.6. The molecule has 33 heavy (non-hydrogen) atoms. The lowest BCUT2D eigenvalue weighted by Gasteiger charge is -2.09. The lowest BCUT2D eigenvalue weighted by Crippen LogP contribution is -2.13. The number of carbonyl (C=O) groups excluding carboxylic acids is 1. The molecule has 2 heterocycles. The lowest BCUT2D eigenvalue weighted by molar-refractivity contribution is -0.116. The molecule has 0 aliphatic rings. The molecule has 0 unspecified atom stereocenters. The lowest BCUT2D eigenvalue weighted by atomic mass is 9.99. The highest BCUT2D eigenvalue weighted by molar-refractivity contribution is 5.97. The normalized spacial score (nSPS) is 10.9. The van der Waals surface area contributed by atoms with Crippen molar-refractivity contribution < 1.29 is 13.7 Å². The summed E-state index contributed by atoms with van der Waals surface area (Å²) in [6, 6.07) is 15.8. The van der Waals surface area contributed by atoms with E-state index in [-0.39, 0.29) is 36.0 Å². The maximum atomic E-state index is 14.7. The average Bonchev–Trinajstić information content (AvgIpc) is 3.26. The van der Waals surface area contributed by atoms with Crippen LogP contribution in [0.25, 0.3) is 22.4 Å². The molecule has 0 fully saturated rings. The summed E-state index contributed by atoms with van der Waals surface area (Å²) in [5.41, 5.74) is 16.0. The van der Waals surface area contributed by atoms with Gasteiger partial charge in [-0.3, -0.25) is 15.1 Å². The summed E-state index contributed by atoms with van der Waals surface area (Å²) in [7, 11) is 0. The number of hydrogen-bond donors (Lipinski definition) is 3. The Bertz CT molecular complexity index is 1260. The van der Waals surface area contributed by atoms with Gasteiger partial charge in [0, 0.05) is 37.5 Å². The van der Waals surface area contributed by atoms with Crippen LogP contribution in [0.2, 0.25) is 0 Å². The molecule has 4 aromatic rings. The first-order valence-corrected chi connectivity index (χ1v) is 10.6. The van der Waals surface area contributed by atoms with Crippen molar-refractivity contribution in [3.8, 4) is 22.4 Å². The van der Waals surface area contributed by atoms with Gasteiger partial charge in [0.15, 0.2) is 0 Å². The molecule has 0 aliphatic carbocycles. The molecular formula is C25H24FN5O2. The third-order valence-electron chi connectivity index (χ3n) is 5.40. The van der Waals surface area contributed by atoms with Crippen LogP contribution in [0.5, 0.6) is 0 Å². The van der Waals surface area contributed by atoms with Crippen LogP contribution in [-0.2, 0) is 24.3 Å². The Morgan fingerprint density at radius 1 is 1.00 bits per heavy atom. The molecule has 2 aromatic carbocycles. The molecule has 5 N–H and O–H groups in total. The second-order valence-corrected chi connectivity index (χ2v) is 7.51. The van der Waals surface area contributed by atoms with E-state index < -0.39 is 5.82 Å². The highest BCUT2D eigenvalue weighted by Gasteiger charge is 2.23. The molecule has 8 heteroatoms. The number of benzene rings is 2. The second-order valence-electron chi connectivity index (χ2n) is 7.51. The molecule has 0 bridgehead atoms. The van der Waals surface area contributed by atoms with Crippen LogP contribution >= 0.6 is 0 Å². The number of hydrogen-bond acceptors (Lipinski definition) is 6. The second kappa shape index (κ2) is 10.2. The highest BCUT2D eigenvalue weighted by Crippen LogP contribution is 2.38. The predicted octanol–water partition coefficient (Wildman–Crippen LogP) is 4.03. The molecule has 0 saturated carbocycles. The van der Waals surface area contributed by atoms with E-state index in [1.807, 2.05) is 24.3 Å². The van der Waals surface area contributed by atoms with E-state index in [1.54, 1.807) is 36.7 Å². The molecule has 0 spiro atoms. The molecule has 0 atom stereocenters. The molecule has 0 radical (unpaired) electrons. The first kappa shape index (κ1) is 22.3. The average molecular weight is 445 g/mol. The Balaban J connectivity index is 1.64. The van der Waals surface area contributed by atoms with Crippen molar-refractivity contribution in [2.24, 2.45) is 11.5 Å². The summed E-state index contributed by atoms with van der Waals surface area (Å²) < 4.78 is 20.2. The highest BCUT2D eigenvalue weighted by atomic mass is 19.1. The van der Waals surface area contributed by atoms with Gasteiger partial charge in [-0.2, -0.15) is 0 Å². The van der Waals surface area contributed by atoms with Gasteiger partial charge in [0.1, 0.15) is 11.5 Å². The van der Waals surface area contributed by atoms with Crippen molar-refractivity contribution >= 4 is 11.8 Å². The smallest absolute Gasteiger partial charge is 0.239 e. The number of nitrogens with one attached hydrogen (secondary N) is 1. The maximum absolute atomic E-state index is 14.7. The van der Waals surface area contributed by atoms with Crippen LogP contribution in [0.1, 0.15) is 23.1 Å². The molecular weight excluding hydrogens is 421 g/mol. The van der Waals surface area contributed by atoms with E-state index in [1.165, 1.54) is 6.07 Å². The zero-order chi connectivity index (χ0) is 23.2. The quantitative estimate of drug-likeness (QED) is 0.377. The van der Waals surface area contributed by atoms with E-state index in [9.17, 15) is 9.18 Å². The SMILES string of the molecule is NCc1ccc(F)c(-c2noc(NC(=O)CCc3ccccc3CN)c2-c2ccncc2)c1. The van der Waals surface area contributed by atoms with E-state index >= 15 is 0 Å². The van der Waals surface area contributed by atoms with Gasteiger partial charge >= 0.3 is 0 Å². The Morgan fingerprint density at radius 2 is 1.76 bits per heavy atom. The van der Waals surface area contributed by atoms with Gasteiger partial charge in [-0.15, -0.1) is 0 Å². The fourth-order valence-corrected chi connectivity index (χ4v) is 3.66. The van der Waals surface area contributed by atoms with E-state index in [0.29, 0.717) is 24.1 Å². The maximum Gasteiger partial charge on any atom is 0.239 e. The number of amides is 1. The van der Waals surface area contributed by atoms with Crippen LogP contribution in [0.4, 0.5) is 10.3 Å². The third-order valence-corrected chi connectivity index (χ3v) is 5.40. The number of pyridine rings is 1. The van der Waals surface area contributed by atoms with Crippen molar-refractivity contribution in [3.63, 3.8) is 0 Å². The largest absolute Gasteiger partial charge is 0.337 e. The van der Waals surface area contributed by atoms with Crippen molar-refractivity contribution in [3.05, 3.63) is 89.5 Å². The van der Waals surface area contributed by atoms with Gasteiger partial charge in [0.2, 0.25) is 11.8 Å². The molecule has 4 rings (SSSR count). The van der Waals surface area contributed by atoms with Crippen LogP contribution in [0, 0.1) is 5.82 Å². The summed E-state index contributed by atoms with van der Waals surface area (Å²) in [4.78, 5) is 16.8.